The van der Waals surface area contributed by atoms with Crippen LogP contribution in [0.2, 0.25) is 0 Å². The molecule has 2 rings (SSSR count). The fourth-order valence-electron chi connectivity index (χ4n) is 2.00. The number of rotatable bonds is 1. The van der Waals surface area contributed by atoms with Gasteiger partial charge in [0.05, 0.1) is 6.61 Å². The van der Waals surface area contributed by atoms with Gasteiger partial charge in [0.25, 0.3) is 0 Å². The zero-order valence-electron chi connectivity index (χ0n) is 9.17. The minimum absolute atomic E-state index is 0.0631. The standard InChI is InChI=1S/C12H15FO2/c1-6(2)8-4-9(13)12-10(11(8)14)7(3)5-15-12/h4,6-7,14H,5H2,1-3H3. The Labute approximate surface area is 88.7 Å². The summed E-state index contributed by atoms with van der Waals surface area (Å²) in [6.07, 6.45) is 0. The molecule has 82 valence electrons. The average Bonchev–Trinajstić information content (AvgIpc) is 2.54. The molecular formula is C12H15FO2. The van der Waals surface area contributed by atoms with Gasteiger partial charge in [-0.1, -0.05) is 20.8 Å². The summed E-state index contributed by atoms with van der Waals surface area (Å²) >= 11 is 0. The number of halogens is 1. The SMILES string of the molecule is CC(C)c1cc(F)c2c(c1O)C(C)CO2. The second-order valence-electron chi connectivity index (χ2n) is 4.41. The first-order valence-electron chi connectivity index (χ1n) is 5.20. The average molecular weight is 210 g/mol. The molecule has 1 N–H and O–H groups in total. The van der Waals surface area contributed by atoms with Gasteiger partial charge in [-0.05, 0) is 17.5 Å². The molecule has 0 aromatic heterocycles. The molecule has 0 aliphatic carbocycles. The van der Waals surface area contributed by atoms with Crippen LogP contribution in [0.15, 0.2) is 6.07 Å². The first-order chi connectivity index (χ1) is 7.02. The highest BCUT2D eigenvalue weighted by molar-refractivity contribution is 5.54. The molecule has 1 heterocycles. The third kappa shape index (κ3) is 1.46. The minimum Gasteiger partial charge on any atom is -0.507 e. The van der Waals surface area contributed by atoms with Crippen molar-refractivity contribution in [2.75, 3.05) is 6.61 Å². The van der Waals surface area contributed by atoms with Crippen LogP contribution in [-0.4, -0.2) is 11.7 Å². The van der Waals surface area contributed by atoms with Crippen LogP contribution in [0, 0.1) is 5.82 Å². The van der Waals surface area contributed by atoms with Crippen molar-refractivity contribution in [3.63, 3.8) is 0 Å². The van der Waals surface area contributed by atoms with E-state index in [-0.39, 0.29) is 29.2 Å². The van der Waals surface area contributed by atoms with E-state index in [9.17, 15) is 9.50 Å². The van der Waals surface area contributed by atoms with Gasteiger partial charge in [-0.25, -0.2) is 4.39 Å². The number of benzene rings is 1. The molecule has 0 radical (unpaired) electrons. The molecule has 0 saturated carbocycles. The summed E-state index contributed by atoms with van der Waals surface area (Å²) in [4.78, 5) is 0. The Hall–Kier alpha value is -1.25. The van der Waals surface area contributed by atoms with Crippen molar-refractivity contribution < 1.29 is 14.2 Å². The molecular weight excluding hydrogens is 195 g/mol. The summed E-state index contributed by atoms with van der Waals surface area (Å²) in [7, 11) is 0. The van der Waals surface area contributed by atoms with Gasteiger partial charge in [0.2, 0.25) is 0 Å². The van der Waals surface area contributed by atoms with Crippen LogP contribution >= 0.6 is 0 Å². The Bertz CT molecular complexity index is 399. The van der Waals surface area contributed by atoms with E-state index in [0.717, 1.165) is 0 Å². The van der Waals surface area contributed by atoms with E-state index in [1.165, 1.54) is 6.07 Å². The summed E-state index contributed by atoms with van der Waals surface area (Å²) in [6, 6.07) is 1.37. The third-order valence-corrected chi connectivity index (χ3v) is 2.86. The van der Waals surface area contributed by atoms with Gasteiger partial charge in [-0.2, -0.15) is 0 Å². The molecule has 1 atom stereocenters. The summed E-state index contributed by atoms with van der Waals surface area (Å²) in [5.41, 5.74) is 1.28. The van der Waals surface area contributed by atoms with Crippen molar-refractivity contribution in [3.8, 4) is 11.5 Å². The number of hydrogen-bond donors (Lipinski definition) is 1. The molecule has 1 aromatic carbocycles. The van der Waals surface area contributed by atoms with Gasteiger partial charge in [0.1, 0.15) is 5.75 Å². The molecule has 1 aliphatic heterocycles. The zero-order valence-corrected chi connectivity index (χ0v) is 9.17. The van der Waals surface area contributed by atoms with Gasteiger partial charge >= 0.3 is 0 Å². The van der Waals surface area contributed by atoms with Crippen molar-refractivity contribution in [2.24, 2.45) is 0 Å². The van der Waals surface area contributed by atoms with Gasteiger partial charge in [0, 0.05) is 11.5 Å². The normalized spacial score (nSPS) is 19.1. The van der Waals surface area contributed by atoms with Crippen LogP contribution < -0.4 is 4.74 Å². The minimum atomic E-state index is -0.365. The largest absolute Gasteiger partial charge is 0.507 e. The Morgan fingerprint density at radius 1 is 1.53 bits per heavy atom. The Kier molecular flexibility index (Phi) is 2.33. The Balaban J connectivity index is 2.65. The fourth-order valence-corrected chi connectivity index (χ4v) is 2.00. The van der Waals surface area contributed by atoms with Gasteiger partial charge < -0.3 is 9.84 Å². The van der Waals surface area contributed by atoms with Crippen LogP contribution in [0.3, 0.4) is 0 Å². The molecule has 1 unspecified atom stereocenters. The van der Waals surface area contributed by atoms with Crippen molar-refractivity contribution in [3.05, 3.63) is 23.0 Å². The fraction of sp³-hybridized carbons (Fsp3) is 0.500. The number of ether oxygens (including phenoxy) is 1. The van der Waals surface area contributed by atoms with Crippen LogP contribution in [0.1, 0.15) is 43.7 Å². The Morgan fingerprint density at radius 3 is 2.80 bits per heavy atom. The highest BCUT2D eigenvalue weighted by Crippen LogP contribution is 2.45. The van der Waals surface area contributed by atoms with Gasteiger partial charge in [0.15, 0.2) is 11.6 Å². The van der Waals surface area contributed by atoms with Crippen LogP contribution in [0.25, 0.3) is 0 Å². The maximum atomic E-state index is 13.6. The summed E-state index contributed by atoms with van der Waals surface area (Å²) in [5.74, 6) is 0.234. The monoisotopic (exact) mass is 210 g/mol. The van der Waals surface area contributed by atoms with E-state index < -0.39 is 0 Å². The highest BCUT2D eigenvalue weighted by atomic mass is 19.1. The van der Waals surface area contributed by atoms with Gasteiger partial charge in [-0.3, -0.25) is 0 Å². The lowest BCUT2D eigenvalue weighted by atomic mass is 9.94. The predicted molar refractivity (Wildman–Crippen MR) is 56.1 cm³/mol. The van der Waals surface area contributed by atoms with E-state index >= 15 is 0 Å². The van der Waals surface area contributed by atoms with Crippen LogP contribution in [-0.2, 0) is 0 Å². The lowest BCUT2D eigenvalue weighted by Crippen LogP contribution is -1.96. The molecule has 3 heteroatoms. The second-order valence-corrected chi connectivity index (χ2v) is 4.41. The molecule has 15 heavy (non-hydrogen) atoms. The Morgan fingerprint density at radius 2 is 2.20 bits per heavy atom. The first kappa shape index (κ1) is 10.3. The number of hydrogen-bond acceptors (Lipinski definition) is 2. The van der Waals surface area contributed by atoms with Crippen LogP contribution in [0.5, 0.6) is 11.5 Å². The molecule has 1 aromatic rings. The van der Waals surface area contributed by atoms with E-state index in [4.69, 9.17) is 4.74 Å². The van der Waals surface area contributed by atoms with Crippen molar-refractivity contribution >= 4 is 0 Å². The van der Waals surface area contributed by atoms with E-state index in [1.54, 1.807) is 0 Å². The molecule has 0 amide bonds. The van der Waals surface area contributed by atoms with Crippen molar-refractivity contribution in [1.29, 1.82) is 0 Å². The number of aromatic hydroxyl groups is 1. The second kappa shape index (κ2) is 3.40. The number of phenols is 1. The summed E-state index contributed by atoms with van der Waals surface area (Å²) in [6.45, 7) is 6.24. The quantitative estimate of drug-likeness (QED) is 0.771. The van der Waals surface area contributed by atoms with Gasteiger partial charge in [-0.15, -0.1) is 0 Å². The third-order valence-electron chi connectivity index (χ3n) is 2.86. The predicted octanol–water partition coefficient (Wildman–Crippen LogP) is 3.15. The maximum absolute atomic E-state index is 13.6. The van der Waals surface area contributed by atoms with E-state index in [2.05, 4.69) is 0 Å². The summed E-state index contributed by atoms with van der Waals surface area (Å²) < 4.78 is 18.9. The molecule has 0 spiro atoms. The molecule has 1 aliphatic rings. The zero-order chi connectivity index (χ0) is 11.2. The maximum Gasteiger partial charge on any atom is 0.165 e. The topological polar surface area (TPSA) is 29.5 Å². The van der Waals surface area contributed by atoms with Crippen molar-refractivity contribution in [2.45, 2.75) is 32.6 Å². The number of phenolic OH excluding ortho intramolecular Hbond substituents is 1. The van der Waals surface area contributed by atoms with E-state index in [1.807, 2.05) is 20.8 Å². The molecule has 2 nitrogen and oxygen atoms in total. The smallest absolute Gasteiger partial charge is 0.165 e. The lowest BCUT2D eigenvalue weighted by molar-refractivity contribution is 0.322. The van der Waals surface area contributed by atoms with Crippen molar-refractivity contribution in [1.82, 2.24) is 0 Å². The summed E-state index contributed by atoms with van der Waals surface area (Å²) in [5, 5.41) is 10.0. The lowest BCUT2D eigenvalue weighted by Gasteiger charge is -2.13. The molecule has 0 fully saturated rings. The molecule has 0 bridgehead atoms. The highest BCUT2D eigenvalue weighted by Gasteiger charge is 2.29. The van der Waals surface area contributed by atoms with E-state index in [0.29, 0.717) is 17.7 Å². The van der Waals surface area contributed by atoms with Crippen LogP contribution in [0.4, 0.5) is 4.39 Å². The molecule has 0 saturated heterocycles. The number of fused-ring (bicyclic) bond motifs is 1. The first-order valence-corrected chi connectivity index (χ1v) is 5.20.